The number of hydrogen-bond donors (Lipinski definition) is 2. The summed E-state index contributed by atoms with van der Waals surface area (Å²) in [6.45, 7) is 7.68. The largest absolute Gasteiger partial charge is 0.490 e. The summed E-state index contributed by atoms with van der Waals surface area (Å²) in [7, 11) is 1.49. The summed E-state index contributed by atoms with van der Waals surface area (Å²) in [5.74, 6) is -0.978. The van der Waals surface area contributed by atoms with Crippen LogP contribution in [0.5, 0.6) is 5.75 Å². The maximum absolute atomic E-state index is 12.8. The highest BCUT2D eigenvalue weighted by atomic mass is 16.5. The molecule has 194 valence electrons. The highest BCUT2D eigenvalue weighted by molar-refractivity contribution is 6.01. The second-order valence-electron chi connectivity index (χ2n) is 8.52. The molecule has 0 spiro atoms. The van der Waals surface area contributed by atoms with Gasteiger partial charge in [-0.1, -0.05) is 50.6 Å². The van der Waals surface area contributed by atoms with E-state index in [0.717, 1.165) is 29.7 Å². The fraction of sp³-hybridized carbons (Fsp3) is 0.407. The second-order valence-corrected chi connectivity index (χ2v) is 8.52. The molecular weight excluding hydrogens is 460 g/mol. The van der Waals surface area contributed by atoms with Crippen LogP contribution in [0.15, 0.2) is 53.5 Å². The molecule has 0 bridgehead atoms. The summed E-state index contributed by atoms with van der Waals surface area (Å²) in [5.41, 5.74) is 2.47. The van der Waals surface area contributed by atoms with Gasteiger partial charge in [0.2, 0.25) is 12.4 Å². The Bertz CT molecular complexity index is 1030. The molecule has 2 aromatic rings. The zero-order chi connectivity index (χ0) is 26.7. The quantitative estimate of drug-likeness (QED) is 0.300. The number of amides is 3. The molecule has 36 heavy (non-hydrogen) atoms. The first-order valence-electron chi connectivity index (χ1n) is 12.1. The van der Waals surface area contributed by atoms with Gasteiger partial charge < -0.3 is 14.7 Å². The first-order valence-corrected chi connectivity index (χ1v) is 12.1. The number of hydrogen-bond acceptors (Lipinski definition) is 5. The van der Waals surface area contributed by atoms with Crippen LogP contribution in [0.4, 0.5) is 10.5 Å². The van der Waals surface area contributed by atoms with Crippen LogP contribution in [0.25, 0.3) is 0 Å². The zero-order valence-corrected chi connectivity index (χ0v) is 21.6. The molecule has 0 aromatic heterocycles. The average Bonchev–Trinajstić information content (AvgIpc) is 3.69. The third kappa shape index (κ3) is 9.05. The van der Waals surface area contributed by atoms with Crippen LogP contribution in [0.2, 0.25) is 0 Å². The number of aryl methyl sites for hydroxylation is 1. The molecule has 0 aliphatic heterocycles. The third-order valence-electron chi connectivity index (χ3n) is 5.31. The Balaban J connectivity index is 0.00000222. The smallest absolute Gasteiger partial charge is 0.323 e. The van der Waals surface area contributed by atoms with Gasteiger partial charge in [-0.3, -0.25) is 19.8 Å². The molecule has 9 heteroatoms. The van der Waals surface area contributed by atoms with Crippen molar-refractivity contribution in [3.8, 4) is 5.75 Å². The van der Waals surface area contributed by atoms with E-state index < -0.39 is 17.9 Å². The van der Waals surface area contributed by atoms with Crippen molar-refractivity contribution in [2.75, 3.05) is 13.6 Å². The van der Waals surface area contributed by atoms with Crippen LogP contribution in [-0.4, -0.2) is 59.0 Å². The number of urea groups is 1. The van der Waals surface area contributed by atoms with E-state index in [-0.39, 0.29) is 25.2 Å². The molecule has 2 aromatic carbocycles. The normalized spacial score (nSPS) is 13.5. The van der Waals surface area contributed by atoms with Crippen LogP contribution in [0.3, 0.4) is 0 Å². The van der Waals surface area contributed by atoms with Gasteiger partial charge in [0.1, 0.15) is 5.75 Å². The summed E-state index contributed by atoms with van der Waals surface area (Å²) >= 11 is 0. The van der Waals surface area contributed by atoms with Crippen molar-refractivity contribution < 1.29 is 24.2 Å². The molecule has 1 unspecified atom stereocenters. The predicted molar refractivity (Wildman–Crippen MR) is 139 cm³/mol. The topological polar surface area (TPSA) is 112 Å². The minimum atomic E-state index is -1.00. The van der Waals surface area contributed by atoms with Gasteiger partial charge in [0.25, 0.3) is 0 Å². The zero-order valence-electron chi connectivity index (χ0n) is 21.6. The van der Waals surface area contributed by atoms with Gasteiger partial charge in [-0.2, -0.15) is 0 Å². The molecule has 2 N–H and O–H groups in total. The van der Waals surface area contributed by atoms with Crippen LogP contribution >= 0.6 is 0 Å². The van der Waals surface area contributed by atoms with Crippen LogP contribution < -0.4 is 10.1 Å². The molecule has 1 saturated carbocycles. The highest BCUT2D eigenvalue weighted by Crippen LogP contribution is 2.28. The average molecular weight is 497 g/mol. The predicted octanol–water partition coefficient (Wildman–Crippen LogP) is 4.57. The lowest BCUT2D eigenvalue weighted by molar-refractivity contribution is -0.141. The molecule has 0 saturated heterocycles. The van der Waals surface area contributed by atoms with E-state index in [9.17, 15) is 14.4 Å². The lowest BCUT2D eigenvalue weighted by Crippen LogP contribution is -2.49. The van der Waals surface area contributed by atoms with E-state index in [1.54, 1.807) is 24.3 Å². The lowest BCUT2D eigenvalue weighted by atomic mass is 10.1. The van der Waals surface area contributed by atoms with Crippen molar-refractivity contribution >= 4 is 30.1 Å². The summed E-state index contributed by atoms with van der Waals surface area (Å²) in [6, 6.07) is 14.2. The van der Waals surface area contributed by atoms with Gasteiger partial charge in [-0.15, -0.1) is 0 Å². The summed E-state index contributed by atoms with van der Waals surface area (Å²) < 4.78 is 5.76. The Morgan fingerprint density at radius 3 is 2.28 bits per heavy atom. The Morgan fingerprint density at radius 1 is 1.14 bits per heavy atom. The van der Waals surface area contributed by atoms with Crippen LogP contribution in [0.1, 0.15) is 44.7 Å². The Morgan fingerprint density at radius 2 is 1.75 bits per heavy atom. The number of nitrogens with zero attached hydrogens (tertiary/aromatic N) is 3. The van der Waals surface area contributed by atoms with Crippen molar-refractivity contribution in [1.29, 1.82) is 0 Å². The summed E-state index contributed by atoms with van der Waals surface area (Å²) in [6.07, 6.45) is 2.98. The van der Waals surface area contributed by atoms with Gasteiger partial charge in [0, 0.05) is 13.6 Å². The Labute approximate surface area is 212 Å². The number of aliphatic carboxylic acids is 1. The van der Waals surface area contributed by atoms with Gasteiger partial charge in [-0.25, -0.2) is 9.79 Å². The summed E-state index contributed by atoms with van der Waals surface area (Å²) in [5, 5.41) is 11.8. The van der Waals surface area contributed by atoms with Crippen LogP contribution in [0, 0.1) is 12.8 Å². The monoisotopic (exact) mass is 496 g/mol. The van der Waals surface area contributed by atoms with Crippen molar-refractivity contribution in [3.05, 3.63) is 59.7 Å². The molecule has 9 nitrogen and oxygen atoms in total. The lowest BCUT2D eigenvalue weighted by Gasteiger charge is -2.24. The van der Waals surface area contributed by atoms with Crippen molar-refractivity contribution in [2.24, 2.45) is 10.9 Å². The van der Waals surface area contributed by atoms with E-state index in [0.29, 0.717) is 12.1 Å². The maximum Gasteiger partial charge on any atom is 0.323 e. The number of ether oxygens (including phenoxy) is 1. The van der Waals surface area contributed by atoms with Gasteiger partial charge in [0.15, 0.2) is 0 Å². The number of rotatable bonds is 9. The SMILES string of the molecule is CC.Cc1ccc(CN(C=O)C(=Nc2ccc(OC3CC3)cc2)NC(=O)N(C)CC(C)C(=O)O)cc1. The third-order valence-corrected chi connectivity index (χ3v) is 5.31. The van der Waals surface area contributed by atoms with E-state index >= 15 is 0 Å². The van der Waals surface area contributed by atoms with E-state index in [2.05, 4.69) is 10.3 Å². The molecule has 3 rings (SSSR count). The number of carboxylic acid groups (broad SMARTS) is 1. The number of aliphatic imine (C=N–C) groups is 1. The minimum absolute atomic E-state index is 0.000695. The van der Waals surface area contributed by atoms with Crippen molar-refractivity contribution in [1.82, 2.24) is 15.1 Å². The molecule has 1 fully saturated rings. The molecular formula is C27H36N4O5. The fourth-order valence-corrected chi connectivity index (χ4v) is 3.08. The molecule has 1 aliphatic carbocycles. The Hall–Kier alpha value is -3.88. The van der Waals surface area contributed by atoms with E-state index in [1.165, 1.54) is 23.8 Å². The number of carboxylic acids is 1. The van der Waals surface area contributed by atoms with Crippen molar-refractivity contribution in [3.63, 3.8) is 0 Å². The van der Waals surface area contributed by atoms with Gasteiger partial charge >= 0.3 is 12.0 Å². The molecule has 0 heterocycles. The maximum atomic E-state index is 12.8. The first kappa shape index (κ1) is 28.4. The molecule has 1 atom stereocenters. The van der Waals surface area contributed by atoms with Crippen LogP contribution in [-0.2, 0) is 16.1 Å². The number of nitrogens with one attached hydrogen (secondary N) is 1. The number of carbonyl (C=O) groups is 3. The molecule has 3 amide bonds. The Kier molecular flexibility index (Phi) is 10.9. The standard InChI is InChI=1S/C25H30N4O5.C2H6/c1-17-4-6-19(7-5-17)15-29(16-30)24(27-25(33)28(3)14-18(2)23(31)32)26-20-8-10-21(11-9-20)34-22-12-13-22;1-2/h4-11,16,18,22H,12-15H2,1-3H3,(H,31,32)(H,26,27,33);1-2H3. The minimum Gasteiger partial charge on any atom is -0.490 e. The number of carbonyl (C=O) groups excluding carboxylic acids is 2. The highest BCUT2D eigenvalue weighted by Gasteiger charge is 2.23. The second kappa shape index (κ2) is 13.9. The number of guanidine groups is 1. The molecule has 1 aliphatic rings. The van der Waals surface area contributed by atoms with Gasteiger partial charge in [0.05, 0.1) is 24.3 Å². The fourth-order valence-electron chi connectivity index (χ4n) is 3.08. The van der Waals surface area contributed by atoms with Gasteiger partial charge in [-0.05, 0) is 49.6 Å². The summed E-state index contributed by atoms with van der Waals surface area (Å²) in [4.78, 5) is 43.0. The van der Waals surface area contributed by atoms with Crippen molar-refractivity contribution in [2.45, 2.75) is 53.2 Å². The van der Waals surface area contributed by atoms with E-state index in [1.807, 2.05) is 45.0 Å². The first-order chi connectivity index (χ1) is 17.2. The van der Waals surface area contributed by atoms with E-state index in [4.69, 9.17) is 9.84 Å². The molecule has 0 radical (unpaired) electrons. The number of benzene rings is 2.